The van der Waals surface area contributed by atoms with Crippen LogP contribution in [0.3, 0.4) is 0 Å². The Labute approximate surface area is 79.4 Å². The third kappa shape index (κ3) is 1.10. The third-order valence-corrected chi connectivity index (χ3v) is 1.91. The van der Waals surface area contributed by atoms with Crippen molar-refractivity contribution >= 4 is 22.6 Å². The van der Waals surface area contributed by atoms with Crippen molar-refractivity contribution in [3.05, 3.63) is 23.9 Å². The molecule has 2 N–H and O–H groups in total. The number of ether oxygens (including phenoxy) is 1. The topological polar surface area (TPSA) is 78.3 Å². The summed E-state index contributed by atoms with van der Waals surface area (Å²) in [4.78, 5) is 11.2. The number of aromatic nitrogens is 1. The molecular weight excluding hydrogens is 184 g/mol. The molecule has 0 amide bonds. The first-order chi connectivity index (χ1) is 6.74. The lowest BCUT2D eigenvalue weighted by Crippen LogP contribution is -2.02. The smallest absolute Gasteiger partial charge is 0.361 e. The monoisotopic (exact) mass is 192 g/mol. The summed E-state index contributed by atoms with van der Waals surface area (Å²) in [5.74, 6) is -0.554. The molecule has 0 aliphatic heterocycles. The number of nitrogen functional groups attached to an aromatic ring is 1. The highest BCUT2D eigenvalue weighted by Gasteiger charge is 2.18. The molecule has 14 heavy (non-hydrogen) atoms. The standard InChI is InChI=1S/C9H8N2O3/c1-13-9(12)8-7-5(10)3-2-4-6(7)14-11-8/h2-4H,10H2,1H3. The average Bonchev–Trinajstić information content (AvgIpc) is 2.62. The Morgan fingerprint density at radius 2 is 2.36 bits per heavy atom. The molecule has 0 atom stereocenters. The van der Waals surface area contributed by atoms with E-state index in [4.69, 9.17) is 10.3 Å². The molecule has 0 fully saturated rings. The van der Waals surface area contributed by atoms with Crippen LogP contribution in [0.1, 0.15) is 10.5 Å². The van der Waals surface area contributed by atoms with Crippen LogP contribution >= 0.6 is 0 Å². The Morgan fingerprint density at radius 1 is 1.57 bits per heavy atom. The maximum absolute atomic E-state index is 11.2. The first kappa shape index (κ1) is 8.55. The van der Waals surface area contributed by atoms with Crippen molar-refractivity contribution in [2.75, 3.05) is 12.8 Å². The molecule has 1 aromatic heterocycles. The number of benzene rings is 1. The predicted molar refractivity (Wildman–Crippen MR) is 49.8 cm³/mol. The van der Waals surface area contributed by atoms with Crippen LogP contribution in [0.15, 0.2) is 22.7 Å². The number of hydrogen-bond acceptors (Lipinski definition) is 5. The van der Waals surface area contributed by atoms with Gasteiger partial charge in [-0.05, 0) is 12.1 Å². The number of carbonyl (C=O) groups excluding carboxylic acids is 1. The van der Waals surface area contributed by atoms with E-state index in [1.807, 2.05) is 0 Å². The summed E-state index contributed by atoms with van der Waals surface area (Å²) >= 11 is 0. The van der Waals surface area contributed by atoms with Crippen LogP contribution in [0.2, 0.25) is 0 Å². The number of nitrogens with two attached hydrogens (primary N) is 1. The van der Waals surface area contributed by atoms with Gasteiger partial charge in [-0.3, -0.25) is 0 Å². The molecule has 2 rings (SSSR count). The molecule has 0 unspecified atom stereocenters. The quantitative estimate of drug-likeness (QED) is 0.542. The molecule has 5 heteroatoms. The summed E-state index contributed by atoms with van der Waals surface area (Å²) in [6.45, 7) is 0. The lowest BCUT2D eigenvalue weighted by atomic mass is 10.2. The number of anilines is 1. The van der Waals surface area contributed by atoms with Gasteiger partial charge in [0.2, 0.25) is 5.69 Å². The number of esters is 1. The van der Waals surface area contributed by atoms with E-state index in [0.29, 0.717) is 16.7 Å². The minimum absolute atomic E-state index is 0.112. The number of nitrogens with zero attached hydrogens (tertiary/aromatic N) is 1. The maximum atomic E-state index is 11.2. The Bertz CT molecular complexity index is 490. The number of methoxy groups -OCH3 is 1. The SMILES string of the molecule is COC(=O)c1noc2cccc(N)c12. The van der Waals surface area contributed by atoms with Crippen molar-refractivity contribution < 1.29 is 14.1 Å². The van der Waals surface area contributed by atoms with Crippen molar-refractivity contribution in [1.29, 1.82) is 0 Å². The molecule has 1 heterocycles. The molecule has 1 aromatic carbocycles. The van der Waals surface area contributed by atoms with Gasteiger partial charge in [-0.15, -0.1) is 0 Å². The second-order valence-electron chi connectivity index (χ2n) is 2.74. The van der Waals surface area contributed by atoms with Crippen LogP contribution in [-0.2, 0) is 4.74 Å². The summed E-state index contributed by atoms with van der Waals surface area (Å²) in [5, 5.41) is 4.10. The van der Waals surface area contributed by atoms with Gasteiger partial charge in [0.25, 0.3) is 0 Å². The zero-order valence-corrected chi connectivity index (χ0v) is 7.48. The minimum atomic E-state index is -0.554. The van der Waals surface area contributed by atoms with Crippen molar-refractivity contribution in [1.82, 2.24) is 5.16 Å². The van der Waals surface area contributed by atoms with Gasteiger partial charge in [-0.25, -0.2) is 4.79 Å². The molecule has 2 aromatic rings. The summed E-state index contributed by atoms with van der Waals surface area (Å²) in [5.41, 5.74) is 6.72. The van der Waals surface area contributed by atoms with Crippen molar-refractivity contribution in [3.63, 3.8) is 0 Å². The van der Waals surface area contributed by atoms with Gasteiger partial charge in [0, 0.05) is 5.69 Å². The first-order valence-electron chi connectivity index (χ1n) is 3.96. The highest BCUT2D eigenvalue weighted by atomic mass is 16.5. The van der Waals surface area contributed by atoms with Gasteiger partial charge in [-0.1, -0.05) is 11.2 Å². The average molecular weight is 192 g/mol. The van der Waals surface area contributed by atoms with E-state index in [0.717, 1.165) is 0 Å². The van der Waals surface area contributed by atoms with E-state index in [-0.39, 0.29) is 5.69 Å². The van der Waals surface area contributed by atoms with Crippen LogP contribution in [0.5, 0.6) is 0 Å². The van der Waals surface area contributed by atoms with Crippen molar-refractivity contribution in [2.45, 2.75) is 0 Å². The fraction of sp³-hybridized carbons (Fsp3) is 0.111. The highest BCUT2D eigenvalue weighted by Crippen LogP contribution is 2.24. The lowest BCUT2D eigenvalue weighted by molar-refractivity contribution is 0.0591. The number of carbonyl (C=O) groups is 1. The Balaban J connectivity index is 2.73. The zero-order valence-electron chi connectivity index (χ0n) is 7.48. The highest BCUT2D eigenvalue weighted by molar-refractivity contribution is 6.05. The Kier molecular flexibility index (Phi) is 1.85. The number of rotatable bonds is 1. The number of fused-ring (bicyclic) bond motifs is 1. The second kappa shape index (κ2) is 3.02. The van der Waals surface area contributed by atoms with E-state index in [1.54, 1.807) is 18.2 Å². The van der Waals surface area contributed by atoms with Crippen LogP contribution in [0.25, 0.3) is 11.0 Å². The molecule has 0 aliphatic carbocycles. The fourth-order valence-corrected chi connectivity index (χ4v) is 1.25. The van der Waals surface area contributed by atoms with E-state index in [9.17, 15) is 4.79 Å². The van der Waals surface area contributed by atoms with Gasteiger partial charge in [0.1, 0.15) is 0 Å². The molecule has 5 nitrogen and oxygen atoms in total. The molecule has 0 saturated carbocycles. The predicted octanol–water partition coefficient (Wildman–Crippen LogP) is 1.20. The van der Waals surface area contributed by atoms with Gasteiger partial charge in [-0.2, -0.15) is 0 Å². The molecule has 72 valence electrons. The lowest BCUT2D eigenvalue weighted by Gasteiger charge is -1.96. The summed E-state index contributed by atoms with van der Waals surface area (Å²) < 4.78 is 9.46. The maximum Gasteiger partial charge on any atom is 0.361 e. The molecule has 0 saturated heterocycles. The molecule has 0 radical (unpaired) electrons. The van der Waals surface area contributed by atoms with E-state index < -0.39 is 5.97 Å². The fourth-order valence-electron chi connectivity index (χ4n) is 1.25. The third-order valence-electron chi connectivity index (χ3n) is 1.91. The molecular formula is C9H8N2O3. The van der Waals surface area contributed by atoms with Crippen molar-refractivity contribution in [3.8, 4) is 0 Å². The van der Waals surface area contributed by atoms with Crippen LogP contribution < -0.4 is 5.73 Å². The van der Waals surface area contributed by atoms with E-state index >= 15 is 0 Å². The second-order valence-corrected chi connectivity index (χ2v) is 2.74. The van der Waals surface area contributed by atoms with Crippen LogP contribution in [0, 0.1) is 0 Å². The zero-order chi connectivity index (χ0) is 10.1. The van der Waals surface area contributed by atoms with E-state index in [1.165, 1.54) is 7.11 Å². The normalized spacial score (nSPS) is 10.4. The largest absolute Gasteiger partial charge is 0.464 e. The molecule has 0 aliphatic rings. The summed E-state index contributed by atoms with van der Waals surface area (Å²) in [7, 11) is 1.28. The Hall–Kier alpha value is -2.04. The van der Waals surface area contributed by atoms with Gasteiger partial charge in [0.15, 0.2) is 5.58 Å². The summed E-state index contributed by atoms with van der Waals surface area (Å²) in [6, 6.07) is 5.08. The van der Waals surface area contributed by atoms with Gasteiger partial charge >= 0.3 is 5.97 Å². The Morgan fingerprint density at radius 3 is 3.07 bits per heavy atom. The molecule has 0 spiro atoms. The minimum Gasteiger partial charge on any atom is -0.464 e. The van der Waals surface area contributed by atoms with Gasteiger partial charge < -0.3 is 15.0 Å². The van der Waals surface area contributed by atoms with E-state index in [2.05, 4.69) is 9.89 Å². The van der Waals surface area contributed by atoms with Crippen molar-refractivity contribution in [2.24, 2.45) is 0 Å². The van der Waals surface area contributed by atoms with Crippen LogP contribution in [0.4, 0.5) is 5.69 Å². The van der Waals surface area contributed by atoms with Crippen LogP contribution in [-0.4, -0.2) is 18.2 Å². The van der Waals surface area contributed by atoms with Gasteiger partial charge in [0.05, 0.1) is 12.5 Å². The molecule has 0 bridgehead atoms. The first-order valence-corrected chi connectivity index (χ1v) is 3.96. The summed E-state index contributed by atoms with van der Waals surface area (Å²) in [6.07, 6.45) is 0. The number of hydrogen-bond donors (Lipinski definition) is 1.